The predicted molar refractivity (Wildman–Crippen MR) is 66.9 cm³/mol. The van der Waals surface area contributed by atoms with Gasteiger partial charge >= 0.3 is 6.18 Å². The fourth-order valence-electron chi connectivity index (χ4n) is 2.22. The Balaban J connectivity index is 2.24. The highest BCUT2D eigenvalue weighted by atomic mass is 32.1. The summed E-state index contributed by atoms with van der Waals surface area (Å²) in [5.41, 5.74) is 0. The van der Waals surface area contributed by atoms with Crippen LogP contribution in [-0.2, 0) is 6.42 Å². The van der Waals surface area contributed by atoms with Crippen LogP contribution in [0.3, 0.4) is 0 Å². The summed E-state index contributed by atoms with van der Waals surface area (Å²) in [7, 11) is 0. The van der Waals surface area contributed by atoms with E-state index in [-0.39, 0.29) is 0 Å². The Morgan fingerprint density at radius 2 is 2.00 bits per heavy atom. The third kappa shape index (κ3) is 3.05. The van der Waals surface area contributed by atoms with Gasteiger partial charge in [-0.3, -0.25) is 4.90 Å². The molecule has 18 heavy (non-hydrogen) atoms. The lowest BCUT2D eigenvalue weighted by Gasteiger charge is -2.35. The van der Waals surface area contributed by atoms with Gasteiger partial charge in [-0.25, -0.2) is 0 Å². The number of alkyl halides is 3. The van der Waals surface area contributed by atoms with Crippen molar-refractivity contribution in [3.63, 3.8) is 0 Å². The zero-order valence-corrected chi connectivity index (χ0v) is 11.1. The molecule has 1 aromatic rings. The maximum absolute atomic E-state index is 13.2. The van der Waals surface area contributed by atoms with Gasteiger partial charge in [0.2, 0.25) is 0 Å². The average molecular weight is 278 g/mol. The molecule has 0 radical (unpaired) electrons. The summed E-state index contributed by atoms with van der Waals surface area (Å²) in [5, 5.41) is 3.08. The molecule has 2 rings (SSSR count). The standard InChI is InChI=1S/C12H17F3N2S/c1-2-9-3-4-10(18-9)11(12(13,14)15)17-7-5-16-6-8-17/h3-4,11,16H,2,5-8H2,1H3/t11-/m1/s1. The van der Waals surface area contributed by atoms with Crippen LogP contribution in [0.15, 0.2) is 12.1 Å². The van der Waals surface area contributed by atoms with Crippen molar-refractivity contribution in [3.8, 4) is 0 Å². The summed E-state index contributed by atoms with van der Waals surface area (Å²) >= 11 is 1.28. The fourth-order valence-corrected chi connectivity index (χ4v) is 3.33. The van der Waals surface area contributed by atoms with Crippen LogP contribution in [0.25, 0.3) is 0 Å². The van der Waals surface area contributed by atoms with Crippen molar-refractivity contribution in [3.05, 3.63) is 21.9 Å². The van der Waals surface area contributed by atoms with Gasteiger partial charge < -0.3 is 5.32 Å². The molecule has 0 aliphatic carbocycles. The minimum Gasteiger partial charge on any atom is -0.314 e. The van der Waals surface area contributed by atoms with Crippen LogP contribution in [0, 0.1) is 0 Å². The van der Waals surface area contributed by atoms with Crippen LogP contribution in [0.2, 0.25) is 0 Å². The predicted octanol–water partition coefficient (Wildman–Crippen LogP) is 2.82. The van der Waals surface area contributed by atoms with Crippen LogP contribution in [0.4, 0.5) is 13.2 Å². The van der Waals surface area contributed by atoms with Gasteiger partial charge in [-0.2, -0.15) is 13.2 Å². The number of rotatable bonds is 3. The number of aryl methyl sites for hydroxylation is 1. The Hall–Kier alpha value is -0.590. The molecule has 2 nitrogen and oxygen atoms in total. The molecular formula is C12H17F3N2S. The van der Waals surface area contributed by atoms with Crippen LogP contribution in [0.1, 0.15) is 22.7 Å². The van der Waals surface area contributed by atoms with E-state index in [4.69, 9.17) is 0 Å². The number of thiophene rings is 1. The van der Waals surface area contributed by atoms with E-state index in [1.807, 2.05) is 6.92 Å². The van der Waals surface area contributed by atoms with Crippen molar-refractivity contribution >= 4 is 11.3 Å². The zero-order valence-electron chi connectivity index (χ0n) is 10.3. The van der Waals surface area contributed by atoms with Crippen molar-refractivity contribution in [1.29, 1.82) is 0 Å². The lowest BCUT2D eigenvalue weighted by Crippen LogP contribution is -2.48. The van der Waals surface area contributed by atoms with E-state index < -0.39 is 12.2 Å². The third-order valence-electron chi connectivity index (χ3n) is 3.13. The second-order valence-corrected chi connectivity index (χ2v) is 5.59. The van der Waals surface area contributed by atoms with Crippen molar-refractivity contribution < 1.29 is 13.2 Å². The molecule has 2 heterocycles. The maximum atomic E-state index is 13.2. The van der Waals surface area contributed by atoms with Gasteiger partial charge in [-0.1, -0.05) is 6.92 Å². The number of piperazine rings is 1. The minimum atomic E-state index is -4.20. The lowest BCUT2D eigenvalue weighted by molar-refractivity contribution is -0.186. The number of hydrogen-bond donors (Lipinski definition) is 1. The Morgan fingerprint density at radius 1 is 1.33 bits per heavy atom. The van der Waals surface area contributed by atoms with E-state index in [2.05, 4.69) is 5.32 Å². The highest BCUT2D eigenvalue weighted by molar-refractivity contribution is 7.12. The maximum Gasteiger partial charge on any atom is 0.408 e. The van der Waals surface area contributed by atoms with E-state index in [1.165, 1.54) is 16.2 Å². The average Bonchev–Trinajstić information content (AvgIpc) is 2.77. The van der Waals surface area contributed by atoms with Gasteiger partial charge in [0.15, 0.2) is 0 Å². The molecule has 1 aliphatic rings. The van der Waals surface area contributed by atoms with Crippen LogP contribution < -0.4 is 5.32 Å². The van der Waals surface area contributed by atoms with Crippen molar-refractivity contribution in [1.82, 2.24) is 10.2 Å². The molecule has 102 valence electrons. The van der Waals surface area contributed by atoms with Gasteiger partial charge in [0.25, 0.3) is 0 Å². The first kappa shape index (κ1) is 13.8. The molecular weight excluding hydrogens is 261 g/mol. The Morgan fingerprint density at radius 3 is 2.50 bits per heavy atom. The molecule has 6 heteroatoms. The quantitative estimate of drug-likeness (QED) is 0.914. The van der Waals surface area contributed by atoms with Crippen LogP contribution in [-0.4, -0.2) is 37.3 Å². The van der Waals surface area contributed by atoms with E-state index >= 15 is 0 Å². The first-order chi connectivity index (χ1) is 8.52. The molecule has 1 atom stereocenters. The number of halogens is 3. The monoisotopic (exact) mass is 278 g/mol. The van der Waals surface area contributed by atoms with Gasteiger partial charge in [0.1, 0.15) is 6.04 Å². The molecule has 0 spiro atoms. The van der Waals surface area contributed by atoms with Crippen molar-refractivity contribution in [2.24, 2.45) is 0 Å². The molecule has 1 aromatic heterocycles. The molecule has 0 saturated carbocycles. The first-order valence-corrected chi connectivity index (χ1v) is 6.94. The number of hydrogen-bond acceptors (Lipinski definition) is 3. The van der Waals surface area contributed by atoms with Gasteiger partial charge in [-0.15, -0.1) is 11.3 Å². The molecule has 0 bridgehead atoms. The summed E-state index contributed by atoms with van der Waals surface area (Å²) in [6.45, 7) is 4.10. The first-order valence-electron chi connectivity index (χ1n) is 6.12. The summed E-state index contributed by atoms with van der Waals surface area (Å²) in [6.07, 6.45) is -3.41. The molecule has 0 aromatic carbocycles. The van der Waals surface area contributed by atoms with Gasteiger partial charge in [-0.05, 0) is 18.6 Å². The summed E-state index contributed by atoms with van der Waals surface area (Å²) < 4.78 is 39.7. The van der Waals surface area contributed by atoms with E-state index in [1.54, 1.807) is 12.1 Å². The van der Waals surface area contributed by atoms with Crippen molar-refractivity contribution in [2.45, 2.75) is 25.6 Å². The summed E-state index contributed by atoms with van der Waals surface area (Å²) in [6, 6.07) is 2.00. The zero-order chi connectivity index (χ0) is 13.2. The highest BCUT2D eigenvalue weighted by Gasteiger charge is 2.45. The second kappa shape index (κ2) is 5.59. The van der Waals surface area contributed by atoms with Crippen molar-refractivity contribution in [2.75, 3.05) is 26.2 Å². The third-order valence-corrected chi connectivity index (χ3v) is 4.41. The van der Waals surface area contributed by atoms with E-state index in [0.717, 1.165) is 11.3 Å². The highest BCUT2D eigenvalue weighted by Crippen LogP contribution is 2.40. The Kier molecular flexibility index (Phi) is 4.29. The van der Waals surface area contributed by atoms with Gasteiger partial charge in [0, 0.05) is 35.9 Å². The minimum absolute atomic E-state index is 0.418. The van der Waals surface area contributed by atoms with E-state index in [9.17, 15) is 13.2 Å². The largest absolute Gasteiger partial charge is 0.408 e. The molecule has 1 N–H and O–H groups in total. The van der Waals surface area contributed by atoms with Gasteiger partial charge in [0.05, 0.1) is 0 Å². The lowest BCUT2D eigenvalue weighted by atomic mass is 10.1. The number of nitrogens with zero attached hydrogens (tertiary/aromatic N) is 1. The van der Waals surface area contributed by atoms with E-state index in [0.29, 0.717) is 31.1 Å². The summed E-state index contributed by atoms with van der Waals surface area (Å²) in [4.78, 5) is 2.96. The SMILES string of the molecule is CCc1ccc([C@@H](N2CCNCC2)C(F)(F)F)s1. The van der Waals surface area contributed by atoms with Crippen LogP contribution >= 0.6 is 11.3 Å². The molecule has 1 aliphatic heterocycles. The second-order valence-electron chi connectivity index (χ2n) is 4.39. The topological polar surface area (TPSA) is 15.3 Å². The number of nitrogens with one attached hydrogen (secondary N) is 1. The molecule has 1 saturated heterocycles. The smallest absolute Gasteiger partial charge is 0.314 e. The molecule has 1 fully saturated rings. The molecule has 0 unspecified atom stereocenters. The molecule has 0 amide bonds. The summed E-state index contributed by atoms with van der Waals surface area (Å²) in [5.74, 6) is 0. The Labute approximate surface area is 109 Å². The fraction of sp³-hybridized carbons (Fsp3) is 0.667. The van der Waals surface area contributed by atoms with Crippen LogP contribution in [0.5, 0.6) is 0 Å². The normalized spacial score (nSPS) is 20.0. The Bertz CT molecular complexity index is 383.